The van der Waals surface area contributed by atoms with Crippen LogP contribution in [0.15, 0.2) is 79.1 Å². The molecule has 0 aliphatic heterocycles. The number of nitrogens with zero attached hydrogens (tertiary/aromatic N) is 1. The number of rotatable bonds is 6. The lowest BCUT2D eigenvalue weighted by atomic mass is 10.0. The Kier molecular flexibility index (Phi) is 5.77. The molecular weight excluding hydrogens is 322 g/mol. The van der Waals surface area contributed by atoms with Crippen LogP contribution in [0.25, 0.3) is 11.1 Å². The summed E-state index contributed by atoms with van der Waals surface area (Å²) in [4.78, 5) is 16.6. The van der Waals surface area contributed by atoms with E-state index in [1.807, 2.05) is 73.8 Å². The van der Waals surface area contributed by atoms with Crippen LogP contribution in [0.5, 0.6) is 0 Å². The molecule has 0 bridgehead atoms. The molecule has 0 spiro atoms. The number of amides is 1. The van der Waals surface area contributed by atoms with Gasteiger partial charge in [0.25, 0.3) is 0 Å². The van der Waals surface area contributed by atoms with E-state index in [1.54, 1.807) is 6.20 Å². The van der Waals surface area contributed by atoms with Crippen molar-refractivity contribution >= 4 is 5.91 Å². The normalized spacial score (nSPS) is 13.0. The molecule has 132 valence electrons. The van der Waals surface area contributed by atoms with Gasteiger partial charge in [-0.2, -0.15) is 0 Å². The van der Waals surface area contributed by atoms with E-state index in [9.17, 15) is 4.79 Å². The molecule has 0 unspecified atom stereocenters. The van der Waals surface area contributed by atoms with E-state index in [0.717, 1.165) is 22.3 Å². The first-order valence-corrected chi connectivity index (χ1v) is 8.74. The Hall–Kier alpha value is -2.98. The molecule has 2 atom stereocenters. The van der Waals surface area contributed by atoms with Crippen molar-refractivity contribution in [3.63, 3.8) is 0 Å². The van der Waals surface area contributed by atoms with Gasteiger partial charge in [0.15, 0.2) is 0 Å². The molecule has 0 aliphatic carbocycles. The summed E-state index contributed by atoms with van der Waals surface area (Å²) in [5.74, 6) is -0.145. The maximum atomic E-state index is 12.4. The summed E-state index contributed by atoms with van der Waals surface area (Å²) in [5, 5.41) is 3.02. The van der Waals surface area contributed by atoms with Crippen LogP contribution in [0.3, 0.4) is 0 Å². The second kappa shape index (κ2) is 8.41. The van der Waals surface area contributed by atoms with Crippen molar-refractivity contribution in [1.82, 2.24) is 10.3 Å². The second-order valence-corrected chi connectivity index (χ2v) is 6.39. The van der Waals surface area contributed by atoms with Gasteiger partial charge in [0.2, 0.25) is 5.91 Å². The van der Waals surface area contributed by atoms with E-state index in [1.165, 1.54) is 0 Å². The zero-order valence-electron chi connectivity index (χ0n) is 14.8. The smallest absolute Gasteiger partial charge is 0.237 e. The lowest BCUT2D eigenvalue weighted by molar-refractivity contribution is -0.123. The van der Waals surface area contributed by atoms with Crippen LogP contribution in [0, 0.1) is 0 Å². The van der Waals surface area contributed by atoms with Crippen LogP contribution < -0.4 is 11.1 Å². The van der Waals surface area contributed by atoms with E-state index < -0.39 is 6.04 Å². The first kappa shape index (κ1) is 17.8. The third-order valence-corrected chi connectivity index (χ3v) is 4.38. The predicted octanol–water partition coefficient (Wildman–Crippen LogP) is 3.50. The van der Waals surface area contributed by atoms with Crippen molar-refractivity contribution in [3.05, 3.63) is 90.3 Å². The molecule has 0 saturated heterocycles. The molecule has 3 aromatic rings. The first-order valence-electron chi connectivity index (χ1n) is 8.74. The molecule has 2 aromatic carbocycles. The van der Waals surface area contributed by atoms with Gasteiger partial charge < -0.3 is 11.1 Å². The number of carbonyl (C=O) groups excluding carboxylic acids is 1. The zero-order valence-corrected chi connectivity index (χ0v) is 14.8. The maximum absolute atomic E-state index is 12.4. The molecule has 3 rings (SSSR count). The highest BCUT2D eigenvalue weighted by Gasteiger charge is 2.17. The average molecular weight is 345 g/mol. The number of aromatic nitrogens is 1. The Morgan fingerprint density at radius 3 is 2.54 bits per heavy atom. The highest BCUT2D eigenvalue weighted by Crippen LogP contribution is 2.22. The largest absolute Gasteiger partial charge is 0.348 e. The molecule has 26 heavy (non-hydrogen) atoms. The standard InChI is InChI=1S/C22H23N3O/c1-16(25-22(26)21(23)13-17-7-3-2-4-8-17)18-9-5-10-19(14-18)20-11-6-12-24-15-20/h2-12,14-16,21H,13,23H2,1H3,(H,25,26)/t16-,21-/m0/s1. The molecule has 0 aliphatic rings. The summed E-state index contributed by atoms with van der Waals surface area (Å²) in [6.45, 7) is 1.97. The third-order valence-electron chi connectivity index (χ3n) is 4.38. The Balaban J connectivity index is 1.66. The predicted molar refractivity (Wildman–Crippen MR) is 104 cm³/mol. The molecule has 0 saturated carbocycles. The summed E-state index contributed by atoms with van der Waals surface area (Å²) in [6, 6.07) is 21.2. The fraction of sp³-hybridized carbons (Fsp3) is 0.182. The number of benzene rings is 2. The SMILES string of the molecule is C[C@H](NC(=O)[C@@H](N)Cc1ccccc1)c1cccc(-c2cccnc2)c1. The lowest BCUT2D eigenvalue weighted by Crippen LogP contribution is -2.42. The number of carbonyl (C=O) groups is 1. The Morgan fingerprint density at radius 2 is 1.81 bits per heavy atom. The number of nitrogens with two attached hydrogens (primary N) is 1. The first-order chi connectivity index (χ1) is 12.6. The minimum atomic E-state index is -0.568. The van der Waals surface area contributed by atoms with Gasteiger partial charge in [0.05, 0.1) is 12.1 Å². The molecule has 1 aromatic heterocycles. The molecule has 4 heteroatoms. The zero-order chi connectivity index (χ0) is 18.4. The molecule has 3 N–H and O–H groups in total. The van der Waals surface area contributed by atoms with E-state index in [4.69, 9.17) is 5.73 Å². The van der Waals surface area contributed by atoms with Crippen LogP contribution >= 0.6 is 0 Å². The van der Waals surface area contributed by atoms with Crippen molar-refractivity contribution in [2.24, 2.45) is 5.73 Å². The third kappa shape index (κ3) is 4.55. The molecule has 0 fully saturated rings. The molecule has 0 radical (unpaired) electrons. The van der Waals surface area contributed by atoms with Gasteiger partial charge in [-0.15, -0.1) is 0 Å². The topological polar surface area (TPSA) is 68.0 Å². The Bertz CT molecular complexity index is 850. The van der Waals surface area contributed by atoms with Gasteiger partial charge in [0, 0.05) is 12.4 Å². The van der Waals surface area contributed by atoms with Crippen LogP contribution in [0.4, 0.5) is 0 Å². The van der Waals surface area contributed by atoms with Crippen molar-refractivity contribution < 1.29 is 4.79 Å². The number of pyridine rings is 1. The fourth-order valence-corrected chi connectivity index (χ4v) is 2.89. The van der Waals surface area contributed by atoms with E-state index in [-0.39, 0.29) is 11.9 Å². The number of nitrogens with one attached hydrogen (secondary N) is 1. The van der Waals surface area contributed by atoms with Gasteiger partial charge in [0.1, 0.15) is 0 Å². The van der Waals surface area contributed by atoms with E-state index >= 15 is 0 Å². The quantitative estimate of drug-likeness (QED) is 0.718. The maximum Gasteiger partial charge on any atom is 0.237 e. The minimum absolute atomic E-state index is 0.124. The van der Waals surface area contributed by atoms with Gasteiger partial charge in [-0.3, -0.25) is 9.78 Å². The molecule has 1 amide bonds. The molecular formula is C22H23N3O. The van der Waals surface area contributed by atoms with E-state index in [2.05, 4.69) is 16.4 Å². The van der Waals surface area contributed by atoms with Crippen LogP contribution in [0.2, 0.25) is 0 Å². The Labute approximate surface area is 154 Å². The van der Waals surface area contributed by atoms with Crippen molar-refractivity contribution in [1.29, 1.82) is 0 Å². The van der Waals surface area contributed by atoms with E-state index in [0.29, 0.717) is 6.42 Å². The monoisotopic (exact) mass is 345 g/mol. The van der Waals surface area contributed by atoms with Crippen LogP contribution in [-0.2, 0) is 11.2 Å². The summed E-state index contributed by atoms with van der Waals surface area (Å²) in [5.41, 5.74) is 10.3. The summed E-state index contributed by atoms with van der Waals surface area (Å²) in [7, 11) is 0. The van der Waals surface area contributed by atoms with Gasteiger partial charge in [-0.05, 0) is 47.7 Å². The van der Waals surface area contributed by atoms with Gasteiger partial charge in [-0.25, -0.2) is 0 Å². The van der Waals surface area contributed by atoms with Crippen molar-refractivity contribution in [2.75, 3.05) is 0 Å². The molecule has 4 nitrogen and oxygen atoms in total. The second-order valence-electron chi connectivity index (χ2n) is 6.39. The van der Waals surface area contributed by atoms with Crippen LogP contribution in [-0.4, -0.2) is 16.9 Å². The summed E-state index contributed by atoms with van der Waals surface area (Å²) in [6.07, 6.45) is 4.11. The number of hydrogen-bond donors (Lipinski definition) is 2. The summed E-state index contributed by atoms with van der Waals surface area (Å²) < 4.78 is 0. The average Bonchev–Trinajstić information content (AvgIpc) is 2.69. The lowest BCUT2D eigenvalue weighted by Gasteiger charge is -2.18. The van der Waals surface area contributed by atoms with Crippen LogP contribution in [0.1, 0.15) is 24.1 Å². The molecule has 1 heterocycles. The highest BCUT2D eigenvalue weighted by molar-refractivity contribution is 5.82. The highest BCUT2D eigenvalue weighted by atomic mass is 16.2. The van der Waals surface area contributed by atoms with Gasteiger partial charge >= 0.3 is 0 Å². The Morgan fingerprint density at radius 1 is 1.04 bits per heavy atom. The van der Waals surface area contributed by atoms with Crippen molar-refractivity contribution in [3.8, 4) is 11.1 Å². The summed E-state index contributed by atoms with van der Waals surface area (Å²) >= 11 is 0. The number of hydrogen-bond acceptors (Lipinski definition) is 3. The van der Waals surface area contributed by atoms with Crippen molar-refractivity contribution in [2.45, 2.75) is 25.4 Å². The van der Waals surface area contributed by atoms with Gasteiger partial charge in [-0.1, -0.05) is 54.6 Å². The fourth-order valence-electron chi connectivity index (χ4n) is 2.89. The minimum Gasteiger partial charge on any atom is -0.348 e.